The fourth-order valence-corrected chi connectivity index (χ4v) is 4.05. The highest BCUT2D eigenvalue weighted by Gasteiger charge is 2.32. The number of nitrogens with zero attached hydrogens (tertiary/aromatic N) is 4. The van der Waals surface area contributed by atoms with Gasteiger partial charge in [0, 0.05) is 42.4 Å². The standard InChI is InChI=1S/C21H20Cl2N4O2/c1-26-12-13(10-20(26)28)21-24-19(11-16-17(22)4-3-5-18(16)23)25-27(21)14-6-8-15(29-2)9-7-14/h3-9,13H,10-12H2,1-2H3. The zero-order valence-corrected chi connectivity index (χ0v) is 17.6. The molecule has 3 aromatic rings. The van der Waals surface area contributed by atoms with Crippen molar-refractivity contribution in [2.75, 3.05) is 20.7 Å². The van der Waals surface area contributed by atoms with Gasteiger partial charge < -0.3 is 9.64 Å². The number of likely N-dealkylation sites (N-methyl/N-ethyl adjacent to an activating group) is 1. The van der Waals surface area contributed by atoms with Gasteiger partial charge in [-0.2, -0.15) is 5.10 Å². The molecular formula is C21H20Cl2N4O2. The van der Waals surface area contributed by atoms with Crippen LogP contribution in [0.4, 0.5) is 0 Å². The van der Waals surface area contributed by atoms with Crippen LogP contribution in [0.25, 0.3) is 5.69 Å². The first-order chi connectivity index (χ1) is 14.0. The van der Waals surface area contributed by atoms with Gasteiger partial charge in [0.05, 0.1) is 12.8 Å². The topological polar surface area (TPSA) is 60.2 Å². The van der Waals surface area contributed by atoms with Crippen LogP contribution in [0.3, 0.4) is 0 Å². The van der Waals surface area contributed by atoms with Gasteiger partial charge in [-0.05, 0) is 42.0 Å². The lowest BCUT2D eigenvalue weighted by atomic mass is 10.1. The van der Waals surface area contributed by atoms with Gasteiger partial charge in [0.1, 0.15) is 11.6 Å². The molecule has 1 aliphatic heterocycles. The Hall–Kier alpha value is -2.57. The Kier molecular flexibility index (Phi) is 5.48. The predicted molar refractivity (Wildman–Crippen MR) is 112 cm³/mol. The van der Waals surface area contributed by atoms with Crippen molar-refractivity contribution in [2.24, 2.45) is 0 Å². The van der Waals surface area contributed by atoms with Crippen molar-refractivity contribution < 1.29 is 9.53 Å². The van der Waals surface area contributed by atoms with Crippen molar-refractivity contribution in [2.45, 2.75) is 18.8 Å². The highest BCUT2D eigenvalue weighted by atomic mass is 35.5. The number of likely N-dealkylation sites (tertiary alicyclic amines) is 1. The molecule has 0 spiro atoms. The minimum atomic E-state index is -0.0300. The molecule has 4 rings (SSSR count). The van der Waals surface area contributed by atoms with Crippen LogP contribution in [0.2, 0.25) is 10.0 Å². The van der Waals surface area contributed by atoms with Gasteiger partial charge in [-0.25, -0.2) is 9.67 Å². The number of amides is 1. The predicted octanol–water partition coefficient (Wildman–Crippen LogP) is 4.12. The molecule has 2 aromatic carbocycles. The van der Waals surface area contributed by atoms with E-state index in [-0.39, 0.29) is 11.8 Å². The molecular weight excluding hydrogens is 411 g/mol. The summed E-state index contributed by atoms with van der Waals surface area (Å²) in [6.07, 6.45) is 0.822. The third-order valence-electron chi connectivity index (χ3n) is 5.10. The first-order valence-corrected chi connectivity index (χ1v) is 9.99. The van der Waals surface area contributed by atoms with E-state index in [1.165, 1.54) is 0 Å². The van der Waals surface area contributed by atoms with Crippen molar-refractivity contribution in [1.29, 1.82) is 0 Å². The fraction of sp³-hybridized carbons (Fsp3) is 0.286. The second-order valence-corrected chi connectivity index (χ2v) is 7.86. The van der Waals surface area contributed by atoms with Crippen molar-refractivity contribution in [3.63, 3.8) is 0 Å². The van der Waals surface area contributed by atoms with Gasteiger partial charge in [-0.1, -0.05) is 29.3 Å². The summed E-state index contributed by atoms with van der Waals surface area (Å²) in [5, 5.41) is 5.88. The van der Waals surface area contributed by atoms with Gasteiger partial charge in [0.2, 0.25) is 5.91 Å². The average Bonchev–Trinajstić information content (AvgIpc) is 3.28. The van der Waals surface area contributed by atoms with Gasteiger partial charge >= 0.3 is 0 Å². The van der Waals surface area contributed by atoms with E-state index in [4.69, 9.17) is 38.0 Å². The van der Waals surface area contributed by atoms with Crippen molar-refractivity contribution in [3.8, 4) is 11.4 Å². The summed E-state index contributed by atoms with van der Waals surface area (Å²) in [4.78, 5) is 18.6. The molecule has 6 nitrogen and oxygen atoms in total. The molecule has 0 bridgehead atoms. The third kappa shape index (κ3) is 3.95. The maximum Gasteiger partial charge on any atom is 0.223 e. The van der Waals surface area contributed by atoms with E-state index in [2.05, 4.69) is 0 Å². The summed E-state index contributed by atoms with van der Waals surface area (Å²) < 4.78 is 7.05. The lowest BCUT2D eigenvalue weighted by Gasteiger charge is -2.11. The number of benzene rings is 2. The minimum Gasteiger partial charge on any atom is -0.497 e. The Morgan fingerprint density at radius 1 is 1.14 bits per heavy atom. The maximum absolute atomic E-state index is 12.1. The smallest absolute Gasteiger partial charge is 0.223 e. The highest BCUT2D eigenvalue weighted by Crippen LogP contribution is 2.30. The Morgan fingerprint density at radius 3 is 2.41 bits per heavy atom. The van der Waals surface area contributed by atoms with Crippen LogP contribution in [0, 0.1) is 0 Å². The molecule has 1 saturated heterocycles. The molecule has 1 aliphatic rings. The Bertz CT molecular complexity index is 1030. The molecule has 0 N–H and O–H groups in total. The highest BCUT2D eigenvalue weighted by molar-refractivity contribution is 6.36. The lowest BCUT2D eigenvalue weighted by Crippen LogP contribution is -2.19. The maximum atomic E-state index is 12.1. The molecule has 29 heavy (non-hydrogen) atoms. The van der Waals surface area contributed by atoms with E-state index in [1.807, 2.05) is 30.3 Å². The van der Waals surface area contributed by atoms with Gasteiger partial charge in [0.15, 0.2) is 5.82 Å². The number of carbonyl (C=O) groups excluding carboxylic acids is 1. The third-order valence-corrected chi connectivity index (χ3v) is 5.80. The molecule has 8 heteroatoms. The average molecular weight is 431 g/mol. The van der Waals surface area contributed by atoms with Crippen LogP contribution in [-0.2, 0) is 11.2 Å². The van der Waals surface area contributed by atoms with E-state index in [1.54, 1.807) is 35.9 Å². The number of aromatic nitrogens is 3. The summed E-state index contributed by atoms with van der Waals surface area (Å²) in [7, 11) is 3.43. The van der Waals surface area contributed by atoms with E-state index >= 15 is 0 Å². The minimum absolute atomic E-state index is 0.0300. The number of halogens is 2. The van der Waals surface area contributed by atoms with Crippen LogP contribution in [0.1, 0.15) is 29.6 Å². The molecule has 150 valence electrons. The number of rotatable bonds is 5. The lowest BCUT2D eigenvalue weighted by molar-refractivity contribution is -0.126. The van der Waals surface area contributed by atoms with Crippen LogP contribution in [0.15, 0.2) is 42.5 Å². The van der Waals surface area contributed by atoms with E-state index in [0.717, 1.165) is 22.8 Å². The second-order valence-electron chi connectivity index (χ2n) is 7.05. The number of ether oxygens (including phenoxy) is 1. The SMILES string of the molecule is COc1ccc(-n2nc(Cc3c(Cl)cccc3Cl)nc2C2CC(=O)N(C)C2)cc1. The van der Waals surface area contributed by atoms with E-state index in [9.17, 15) is 4.79 Å². The molecule has 1 aromatic heterocycles. The van der Waals surface area contributed by atoms with Crippen molar-refractivity contribution in [1.82, 2.24) is 19.7 Å². The molecule has 1 amide bonds. The summed E-state index contributed by atoms with van der Waals surface area (Å²) >= 11 is 12.7. The fourth-order valence-electron chi connectivity index (χ4n) is 3.52. The number of carbonyl (C=O) groups is 1. The van der Waals surface area contributed by atoms with E-state index < -0.39 is 0 Å². The van der Waals surface area contributed by atoms with Crippen LogP contribution >= 0.6 is 23.2 Å². The van der Waals surface area contributed by atoms with Crippen molar-refractivity contribution in [3.05, 3.63) is 69.7 Å². The largest absolute Gasteiger partial charge is 0.497 e. The zero-order valence-electron chi connectivity index (χ0n) is 16.1. The molecule has 1 unspecified atom stereocenters. The molecule has 2 heterocycles. The number of hydrogen-bond donors (Lipinski definition) is 0. The summed E-state index contributed by atoms with van der Waals surface area (Å²) in [5.41, 5.74) is 1.64. The summed E-state index contributed by atoms with van der Waals surface area (Å²) in [5.74, 6) is 2.20. The normalized spacial score (nSPS) is 16.5. The quantitative estimate of drug-likeness (QED) is 0.610. The van der Waals surface area contributed by atoms with Crippen LogP contribution in [-0.4, -0.2) is 46.3 Å². The zero-order chi connectivity index (χ0) is 20.5. The first kappa shape index (κ1) is 19.7. The molecule has 0 aliphatic carbocycles. The van der Waals surface area contributed by atoms with Crippen LogP contribution in [0.5, 0.6) is 5.75 Å². The number of methoxy groups -OCH3 is 1. The van der Waals surface area contributed by atoms with Gasteiger partial charge in [-0.3, -0.25) is 4.79 Å². The Balaban J connectivity index is 1.75. The van der Waals surface area contributed by atoms with Gasteiger partial charge in [-0.15, -0.1) is 0 Å². The van der Waals surface area contributed by atoms with Crippen molar-refractivity contribution >= 4 is 29.1 Å². The summed E-state index contributed by atoms with van der Waals surface area (Å²) in [6.45, 7) is 0.611. The van der Waals surface area contributed by atoms with E-state index in [0.29, 0.717) is 35.3 Å². The second kappa shape index (κ2) is 8.05. The Morgan fingerprint density at radius 2 is 1.83 bits per heavy atom. The first-order valence-electron chi connectivity index (χ1n) is 9.23. The summed E-state index contributed by atoms with van der Waals surface area (Å²) in [6, 6.07) is 13.0. The number of hydrogen-bond acceptors (Lipinski definition) is 4. The monoisotopic (exact) mass is 430 g/mol. The molecule has 1 fully saturated rings. The Labute approximate surface area is 179 Å². The molecule has 1 atom stereocenters. The molecule has 0 radical (unpaired) electrons. The van der Waals surface area contributed by atoms with Gasteiger partial charge in [0.25, 0.3) is 0 Å². The molecule has 0 saturated carbocycles. The van der Waals surface area contributed by atoms with Crippen LogP contribution < -0.4 is 4.74 Å².